The highest BCUT2D eigenvalue weighted by atomic mass is 32.1. The van der Waals surface area contributed by atoms with Crippen LogP contribution in [-0.2, 0) is 28.9 Å². The van der Waals surface area contributed by atoms with Crippen LogP contribution in [0, 0.1) is 11.8 Å². The number of thiophene rings is 1. The van der Waals surface area contributed by atoms with Crippen LogP contribution in [0.1, 0.15) is 72.1 Å². The first kappa shape index (κ1) is 20.4. The van der Waals surface area contributed by atoms with Gasteiger partial charge in [0.1, 0.15) is 11.4 Å². The molecule has 1 aromatic heterocycles. The smallest absolute Gasteiger partial charge is 0.410 e. The Morgan fingerprint density at radius 2 is 1.90 bits per heavy atom. The molecule has 2 fully saturated rings. The van der Waals surface area contributed by atoms with E-state index in [-0.39, 0.29) is 23.7 Å². The van der Waals surface area contributed by atoms with Crippen LogP contribution < -0.4 is 5.32 Å². The zero-order chi connectivity index (χ0) is 20.8. The van der Waals surface area contributed by atoms with Crippen molar-refractivity contribution in [1.82, 2.24) is 10.2 Å². The standard InChI is InChI=1S/C22H30N2O4S/c1-22(2,3)28-21(27)24-9-8-17-15(12-24)19(20(26)23-11-13-4-5-13)18(29-17)10-16(25)14-6-7-14/h13-14H,4-12H2,1-3H3,(H,23,26). The fraction of sp³-hybridized carbons (Fsp3) is 0.682. The van der Waals surface area contributed by atoms with Crippen molar-refractivity contribution in [3.63, 3.8) is 0 Å². The summed E-state index contributed by atoms with van der Waals surface area (Å²) in [5.41, 5.74) is 0.977. The lowest BCUT2D eigenvalue weighted by Gasteiger charge is -2.30. The predicted octanol–water partition coefficient (Wildman–Crippen LogP) is 3.70. The molecule has 1 N–H and O–H groups in total. The second kappa shape index (κ2) is 7.74. The summed E-state index contributed by atoms with van der Waals surface area (Å²) in [6, 6.07) is 0. The normalized spacial score (nSPS) is 18.9. The Hall–Kier alpha value is -1.89. The number of Topliss-reactive ketones (excluding diaryl/α,β-unsaturated/α-hetero) is 1. The van der Waals surface area contributed by atoms with Crippen LogP contribution in [-0.4, -0.2) is 41.4 Å². The summed E-state index contributed by atoms with van der Waals surface area (Å²) in [6.07, 6.45) is 4.96. The lowest BCUT2D eigenvalue weighted by Crippen LogP contribution is -2.40. The van der Waals surface area contributed by atoms with Gasteiger partial charge in [0, 0.05) is 35.2 Å². The van der Waals surface area contributed by atoms with E-state index in [0.717, 1.165) is 28.2 Å². The molecule has 2 amide bonds. The van der Waals surface area contributed by atoms with E-state index in [0.29, 0.717) is 44.0 Å². The highest BCUT2D eigenvalue weighted by molar-refractivity contribution is 7.12. The van der Waals surface area contributed by atoms with Gasteiger partial charge in [-0.1, -0.05) is 0 Å². The first-order chi connectivity index (χ1) is 13.7. The van der Waals surface area contributed by atoms with E-state index in [1.165, 1.54) is 12.8 Å². The van der Waals surface area contributed by atoms with Crippen molar-refractivity contribution < 1.29 is 19.1 Å². The maximum absolute atomic E-state index is 13.1. The summed E-state index contributed by atoms with van der Waals surface area (Å²) < 4.78 is 5.53. The molecule has 6 nitrogen and oxygen atoms in total. The van der Waals surface area contributed by atoms with Gasteiger partial charge in [0.05, 0.1) is 12.1 Å². The molecule has 1 aromatic rings. The summed E-state index contributed by atoms with van der Waals surface area (Å²) in [6.45, 7) is 7.18. The lowest BCUT2D eigenvalue weighted by atomic mass is 10.00. The van der Waals surface area contributed by atoms with Gasteiger partial charge in [-0.05, 0) is 64.4 Å². The van der Waals surface area contributed by atoms with Gasteiger partial charge in [-0.25, -0.2) is 4.79 Å². The quantitative estimate of drug-likeness (QED) is 0.764. The molecule has 0 bridgehead atoms. The molecule has 0 spiro atoms. The van der Waals surface area contributed by atoms with Gasteiger partial charge < -0.3 is 15.0 Å². The number of nitrogens with one attached hydrogen (secondary N) is 1. The van der Waals surface area contributed by atoms with E-state index in [4.69, 9.17) is 4.74 Å². The number of ether oxygens (including phenoxy) is 1. The monoisotopic (exact) mass is 418 g/mol. The van der Waals surface area contributed by atoms with Crippen LogP contribution in [0.2, 0.25) is 0 Å². The van der Waals surface area contributed by atoms with E-state index in [9.17, 15) is 14.4 Å². The van der Waals surface area contributed by atoms with Crippen molar-refractivity contribution in [2.75, 3.05) is 13.1 Å². The third-order valence-electron chi connectivity index (χ3n) is 5.62. The summed E-state index contributed by atoms with van der Waals surface area (Å²) >= 11 is 1.58. The van der Waals surface area contributed by atoms with Crippen LogP contribution in [0.5, 0.6) is 0 Å². The van der Waals surface area contributed by atoms with Gasteiger partial charge in [0.15, 0.2) is 0 Å². The SMILES string of the molecule is CC(C)(C)OC(=O)N1CCc2sc(CC(=O)C3CC3)c(C(=O)NCC3CC3)c2C1. The van der Waals surface area contributed by atoms with Gasteiger partial charge in [-0.15, -0.1) is 11.3 Å². The summed E-state index contributed by atoms with van der Waals surface area (Å²) in [7, 11) is 0. The van der Waals surface area contributed by atoms with E-state index >= 15 is 0 Å². The van der Waals surface area contributed by atoms with Gasteiger partial charge in [-0.3, -0.25) is 9.59 Å². The van der Waals surface area contributed by atoms with Crippen LogP contribution in [0.4, 0.5) is 4.79 Å². The van der Waals surface area contributed by atoms with Crippen LogP contribution in [0.3, 0.4) is 0 Å². The molecule has 4 rings (SSSR count). The van der Waals surface area contributed by atoms with Gasteiger partial charge in [-0.2, -0.15) is 0 Å². The zero-order valence-corrected chi connectivity index (χ0v) is 18.3. The number of ketones is 1. The fourth-order valence-corrected chi connectivity index (χ4v) is 4.98. The highest BCUT2D eigenvalue weighted by Crippen LogP contribution is 2.37. The number of hydrogen-bond acceptors (Lipinski definition) is 5. The van der Waals surface area contributed by atoms with Crippen molar-refractivity contribution in [3.8, 4) is 0 Å². The number of rotatable bonds is 6. The Bertz CT molecular complexity index is 831. The fourth-order valence-electron chi connectivity index (χ4n) is 3.67. The highest BCUT2D eigenvalue weighted by Gasteiger charge is 2.35. The molecule has 2 heterocycles. The molecule has 2 saturated carbocycles. The van der Waals surface area contributed by atoms with Crippen molar-refractivity contribution in [3.05, 3.63) is 20.9 Å². The van der Waals surface area contributed by atoms with E-state index in [1.807, 2.05) is 20.8 Å². The molecule has 0 atom stereocenters. The maximum atomic E-state index is 13.1. The number of carbonyl (C=O) groups excluding carboxylic acids is 3. The Balaban J connectivity index is 1.56. The Morgan fingerprint density at radius 3 is 2.52 bits per heavy atom. The molecule has 7 heteroatoms. The average molecular weight is 419 g/mol. The number of hydrogen-bond donors (Lipinski definition) is 1. The maximum Gasteiger partial charge on any atom is 0.410 e. The van der Waals surface area contributed by atoms with Crippen molar-refractivity contribution in [1.29, 1.82) is 0 Å². The Morgan fingerprint density at radius 1 is 1.17 bits per heavy atom. The summed E-state index contributed by atoms with van der Waals surface area (Å²) in [5, 5.41) is 3.06. The average Bonchev–Trinajstić information content (AvgIpc) is 3.54. The molecule has 0 unspecified atom stereocenters. The second-order valence-corrected chi connectivity index (χ2v) is 10.7. The van der Waals surface area contributed by atoms with Gasteiger partial charge in [0.2, 0.25) is 0 Å². The molecule has 158 valence electrons. The molecule has 3 aliphatic rings. The van der Waals surface area contributed by atoms with Crippen LogP contribution >= 0.6 is 11.3 Å². The lowest BCUT2D eigenvalue weighted by molar-refractivity contribution is -0.119. The molecule has 1 aliphatic heterocycles. The summed E-state index contributed by atoms with van der Waals surface area (Å²) in [4.78, 5) is 41.7. The molecule has 29 heavy (non-hydrogen) atoms. The van der Waals surface area contributed by atoms with Crippen molar-refractivity contribution in [2.24, 2.45) is 11.8 Å². The topological polar surface area (TPSA) is 75.7 Å². The third kappa shape index (κ3) is 5.00. The minimum absolute atomic E-state index is 0.0981. The largest absolute Gasteiger partial charge is 0.444 e. The second-order valence-electron chi connectivity index (χ2n) is 9.52. The molecule has 0 aromatic carbocycles. The van der Waals surface area contributed by atoms with Gasteiger partial charge >= 0.3 is 6.09 Å². The van der Waals surface area contributed by atoms with Crippen LogP contribution in [0.25, 0.3) is 0 Å². The van der Waals surface area contributed by atoms with Crippen molar-refractivity contribution >= 4 is 29.1 Å². The molecule has 0 saturated heterocycles. The Kier molecular flexibility index (Phi) is 5.44. The van der Waals surface area contributed by atoms with Crippen LogP contribution in [0.15, 0.2) is 0 Å². The minimum atomic E-state index is -0.557. The number of nitrogens with zero attached hydrogens (tertiary/aromatic N) is 1. The molecule has 0 radical (unpaired) electrons. The number of carbonyl (C=O) groups is 3. The summed E-state index contributed by atoms with van der Waals surface area (Å²) in [5.74, 6) is 0.904. The first-order valence-electron chi connectivity index (χ1n) is 10.6. The zero-order valence-electron chi connectivity index (χ0n) is 17.5. The Labute approximate surface area is 176 Å². The predicted molar refractivity (Wildman–Crippen MR) is 111 cm³/mol. The number of amides is 2. The van der Waals surface area contributed by atoms with E-state index in [2.05, 4.69) is 5.32 Å². The number of fused-ring (bicyclic) bond motifs is 1. The van der Waals surface area contributed by atoms with Crippen molar-refractivity contribution in [2.45, 2.75) is 71.4 Å². The molecular formula is C22H30N2O4S. The van der Waals surface area contributed by atoms with E-state index in [1.54, 1.807) is 16.2 Å². The first-order valence-corrected chi connectivity index (χ1v) is 11.4. The van der Waals surface area contributed by atoms with E-state index < -0.39 is 5.60 Å². The molecular weight excluding hydrogens is 388 g/mol. The van der Waals surface area contributed by atoms with Gasteiger partial charge in [0.25, 0.3) is 5.91 Å². The minimum Gasteiger partial charge on any atom is -0.444 e. The molecule has 2 aliphatic carbocycles. The third-order valence-corrected chi connectivity index (χ3v) is 6.91.